The van der Waals surface area contributed by atoms with Crippen molar-refractivity contribution in [2.45, 2.75) is 37.5 Å². The predicted octanol–water partition coefficient (Wildman–Crippen LogP) is 3.74. The van der Waals surface area contributed by atoms with Crippen LogP contribution >= 0.6 is 11.8 Å². The smallest absolute Gasteiger partial charge is 0.239 e. The predicted molar refractivity (Wildman–Crippen MR) is 82.2 cm³/mol. The zero-order valence-corrected chi connectivity index (χ0v) is 13.0. The molecular weight excluding hydrogens is 284 g/mol. The Labute approximate surface area is 127 Å². The molecule has 0 fully saturated rings. The van der Waals surface area contributed by atoms with Gasteiger partial charge in [-0.05, 0) is 26.0 Å². The third-order valence-corrected chi connectivity index (χ3v) is 4.30. The number of hydrogen-bond acceptors (Lipinski definition) is 6. The molecule has 108 valence electrons. The van der Waals surface area contributed by atoms with E-state index in [9.17, 15) is 0 Å². The third-order valence-electron chi connectivity index (χ3n) is 3.14. The highest BCUT2D eigenvalue weighted by molar-refractivity contribution is 7.99. The van der Waals surface area contributed by atoms with Crippen LogP contribution in [0.4, 0.5) is 0 Å². The molecule has 0 saturated carbocycles. The molecule has 1 atom stereocenters. The zero-order valence-electron chi connectivity index (χ0n) is 12.2. The van der Waals surface area contributed by atoms with Gasteiger partial charge in [0.25, 0.3) is 0 Å². The number of nitrogens with zero attached hydrogens (tertiary/aromatic N) is 4. The molecule has 0 spiro atoms. The molecule has 0 saturated heterocycles. The van der Waals surface area contributed by atoms with Crippen LogP contribution in [0.3, 0.4) is 0 Å². The van der Waals surface area contributed by atoms with E-state index in [1.165, 1.54) is 0 Å². The van der Waals surface area contributed by atoms with Gasteiger partial charge in [-0.25, -0.2) is 9.97 Å². The van der Waals surface area contributed by atoms with Gasteiger partial charge in [0.15, 0.2) is 5.82 Å². The fraction of sp³-hybridized carbons (Fsp3) is 0.333. The Hall–Kier alpha value is -1.95. The van der Waals surface area contributed by atoms with Gasteiger partial charge in [0.2, 0.25) is 5.89 Å². The quantitative estimate of drug-likeness (QED) is 0.684. The van der Waals surface area contributed by atoms with Crippen LogP contribution in [0.1, 0.15) is 36.5 Å². The number of hydrogen-bond donors (Lipinski definition) is 0. The molecule has 2 aromatic heterocycles. The molecule has 3 aromatic rings. The van der Waals surface area contributed by atoms with E-state index in [4.69, 9.17) is 4.52 Å². The van der Waals surface area contributed by atoms with Crippen LogP contribution in [0.25, 0.3) is 11.0 Å². The Morgan fingerprint density at radius 1 is 1.14 bits per heavy atom. The molecule has 0 radical (unpaired) electrons. The summed E-state index contributed by atoms with van der Waals surface area (Å²) < 4.78 is 5.29. The van der Waals surface area contributed by atoms with E-state index in [0.29, 0.717) is 5.89 Å². The number of aryl methyl sites for hydroxylation is 2. The first-order valence-corrected chi connectivity index (χ1v) is 7.78. The van der Waals surface area contributed by atoms with Crippen LogP contribution < -0.4 is 0 Å². The summed E-state index contributed by atoms with van der Waals surface area (Å²) in [5, 5.41) is 4.88. The Morgan fingerprint density at radius 3 is 2.52 bits per heavy atom. The van der Waals surface area contributed by atoms with Gasteiger partial charge in [-0.15, -0.1) is 0 Å². The van der Waals surface area contributed by atoms with Crippen molar-refractivity contribution in [3.05, 3.63) is 41.7 Å². The lowest BCUT2D eigenvalue weighted by atomic mass is 10.3. The largest absolute Gasteiger partial charge is 0.338 e. The van der Waals surface area contributed by atoms with Crippen LogP contribution in [-0.4, -0.2) is 20.1 Å². The second kappa shape index (κ2) is 5.81. The lowest BCUT2D eigenvalue weighted by Gasteiger charge is -2.09. The van der Waals surface area contributed by atoms with Crippen molar-refractivity contribution in [2.24, 2.45) is 0 Å². The van der Waals surface area contributed by atoms with Crippen LogP contribution in [0, 0.1) is 6.92 Å². The Balaban J connectivity index is 1.88. The molecule has 1 aromatic carbocycles. The fourth-order valence-electron chi connectivity index (χ4n) is 1.98. The molecule has 5 nitrogen and oxygen atoms in total. The van der Waals surface area contributed by atoms with Crippen molar-refractivity contribution in [2.75, 3.05) is 0 Å². The first-order chi connectivity index (χ1) is 10.2. The number of aromatic nitrogens is 4. The molecule has 0 aliphatic heterocycles. The minimum absolute atomic E-state index is 0.0481. The van der Waals surface area contributed by atoms with E-state index in [2.05, 4.69) is 20.1 Å². The van der Waals surface area contributed by atoms with Crippen molar-refractivity contribution in [3.63, 3.8) is 0 Å². The van der Waals surface area contributed by atoms with Gasteiger partial charge in [0.1, 0.15) is 5.03 Å². The Bertz CT molecular complexity index is 771. The number of para-hydroxylation sites is 2. The second-order valence-corrected chi connectivity index (χ2v) is 6.09. The standard InChI is InChI=1S/C15H16N4OS/c1-4-13-18-14(20-19-13)10(3)21-15-9(2)16-11-7-5-6-8-12(11)17-15/h5-8,10H,4H2,1-3H3. The van der Waals surface area contributed by atoms with Gasteiger partial charge in [-0.3, -0.25) is 0 Å². The summed E-state index contributed by atoms with van der Waals surface area (Å²) in [6.45, 7) is 6.01. The van der Waals surface area contributed by atoms with Crippen molar-refractivity contribution >= 4 is 22.8 Å². The third kappa shape index (κ3) is 2.90. The van der Waals surface area contributed by atoms with Crippen LogP contribution in [0.5, 0.6) is 0 Å². The van der Waals surface area contributed by atoms with Crippen LogP contribution in [0.15, 0.2) is 33.8 Å². The lowest BCUT2D eigenvalue weighted by molar-refractivity contribution is 0.375. The summed E-state index contributed by atoms with van der Waals surface area (Å²) in [7, 11) is 0. The molecule has 0 amide bonds. The molecule has 6 heteroatoms. The van der Waals surface area contributed by atoms with Crippen molar-refractivity contribution in [3.8, 4) is 0 Å². The summed E-state index contributed by atoms with van der Waals surface area (Å²) >= 11 is 1.59. The van der Waals surface area contributed by atoms with Gasteiger partial charge < -0.3 is 4.52 Å². The normalized spacial score (nSPS) is 12.7. The molecule has 0 bridgehead atoms. The topological polar surface area (TPSA) is 64.7 Å². The van der Waals surface area contributed by atoms with Crippen molar-refractivity contribution < 1.29 is 4.52 Å². The van der Waals surface area contributed by atoms with E-state index < -0.39 is 0 Å². The van der Waals surface area contributed by atoms with Crippen molar-refractivity contribution in [1.29, 1.82) is 0 Å². The van der Waals surface area contributed by atoms with E-state index in [1.807, 2.05) is 45.0 Å². The maximum Gasteiger partial charge on any atom is 0.239 e. The van der Waals surface area contributed by atoms with Gasteiger partial charge in [-0.1, -0.05) is 36.0 Å². The van der Waals surface area contributed by atoms with Gasteiger partial charge in [0.05, 0.1) is 22.0 Å². The van der Waals surface area contributed by atoms with E-state index in [-0.39, 0.29) is 5.25 Å². The Kier molecular flexibility index (Phi) is 3.88. The van der Waals surface area contributed by atoms with Crippen LogP contribution in [-0.2, 0) is 6.42 Å². The highest BCUT2D eigenvalue weighted by Crippen LogP contribution is 2.34. The SMILES string of the molecule is CCc1noc(C(C)Sc2nc3ccccc3nc2C)n1. The number of thioether (sulfide) groups is 1. The van der Waals surface area contributed by atoms with Gasteiger partial charge in [0, 0.05) is 6.42 Å². The average molecular weight is 300 g/mol. The molecule has 2 heterocycles. The minimum atomic E-state index is 0.0481. The molecule has 21 heavy (non-hydrogen) atoms. The lowest BCUT2D eigenvalue weighted by Crippen LogP contribution is -1.96. The zero-order chi connectivity index (χ0) is 14.8. The summed E-state index contributed by atoms with van der Waals surface area (Å²) in [5.41, 5.74) is 2.73. The Morgan fingerprint density at radius 2 is 1.86 bits per heavy atom. The molecule has 0 aliphatic rings. The average Bonchev–Trinajstić information content (AvgIpc) is 2.97. The number of fused-ring (bicyclic) bond motifs is 1. The molecular formula is C15H16N4OS. The highest BCUT2D eigenvalue weighted by atomic mass is 32.2. The van der Waals surface area contributed by atoms with Crippen molar-refractivity contribution in [1.82, 2.24) is 20.1 Å². The second-order valence-electron chi connectivity index (χ2n) is 4.77. The van der Waals surface area contributed by atoms with Crippen LogP contribution in [0.2, 0.25) is 0 Å². The molecule has 0 N–H and O–H groups in total. The first-order valence-electron chi connectivity index (χ1n) is 6.90. The summed E-state index contributed by atoms with van der Waals surface area (Å²) in [5.74, 6) is 1.37. The summed E-state index contributed by atoms with van der Waals surface area (Å²) in [4.78, 5) is 13.6. The monoisotopic (exact) mass is 300 g/mol. The molecule has 1 unspecified atom stereocenters. The first kappa shape index (κ1) is 14.0. The fourth-order valence-corrected chi connectivity index (χ4v) is 2.88. The van der Waals surface area contributed by atoms with E-state index in [1.54, 1.807) is 11.8 Å². The van der Waals surface area contributed by atoms with E-state index in [0.717, 1.165) is 34.0 Å². The van der Waals surface area contributed by atoms with Gasteiger partial charge in [-0.2, -0.15) is 4.98 Å². The number of benzene rings is 1. The number of rotatable bonds is 4. The summed E-state index contributed by atoms with van der Waals surface area (Å²) in [6.07, 6.45) is 0.774. The minimum Gasteiger partial charge on any atom is -0.338 e. The molecule has 3 rings (SSSR count). The van der Waals surface area contributed by atoms with E-state index >= 15 is 0 Å². The highest BCUT2D eigenvalue weighted by Gasteiger charge is 2.17. The maximum atomic E-state index is 5.29. The summed E-state index contributed by atoms with van der Waals surface area (Å²) in [6, 6.07) is 7.88. The molecule has 0 aliphatic carbocycles. The maximum absolute atomic E-state index is 5.29. The van der Waals surface area contributed by atoms with Gasteiger partial charge >= 0.3 is 0 Å².